The number of sulfonamides is 1. The zero-order valence-corrected chi connectivity index (χ0v) is 21.3. The third-order valence-corrected chi connectivity index (χ3v) is 8.85. The fourth-order valence-electron chi connectivity index (χ4n) is 4.96. The number of fused-ring (bicyclic) bond motifs is 1. The number of benzene rings is 3. The molecule has 188 valence electrons. The van der Waals surface area contributed by atoms with E-state index in [1.807, 2.05) is 24.3 Å². The number of para-hydroxylation sites is 1. The second kappa shape index (κ2) is 10.3. The van der Waals surface area contributed by atoms with Gasteiger partial charge in [-0.05, 0) is 66.8 Å². The van der Waals surface area contributed by atoms with Crippen molar-refractivity contribution >= 4 is 27.3 Å². The molecule has 0 saturated carbocycles. The van der Waals surface area contributed by atoms with E-state index in [9.17, 15) is 13.2 Å². The average Bonchev–Trinajstić information content (AvgIpc) is 3.32. The van der Waals surface area contributed by atoms with Crippen molar-refractivity contribution in [2.45, 2.75) is 37.1 Å². The van der Waals surface area contributed by atoms with Crippen LogP contribution in [0.3, 0.4) is 0 Å². The van der Waals surface area contributed by atoms with E-state index >= 15 is 0 Å². The van der Waals surface area contributed by atoms with Gasteiger partial charge in [0, 0.05) is 43.1 Å². The molecule has 0 atom stereocenters. The molecule has 2 aliphatic rings. The van der Waals surface area contributed by atoms with Crippen LogP contribution in [0.4, 0.5) is 11.4 Å². The smallest absolute Gasteiger partial charge is 0.255 e. The minimum Gasteiger partial charge on any atom is -0.495 e. The molecule has 2 heterocycles. The first-order valence-electron chi connectivity index (χ1n) is 12.4. The van der Waals surface area contributed by atoms with E-state index in [1.54, 1.807) is 12.1 Å². The summed E-state index contributed by atoms with van der Waals surface area (Å²) in [6, 6.07) is 20.7. The van der Waals surface area contributed by atoms with E-state index in [2.05, 4.69) is 34.5 Å². The Morgan fingerprint density at radius 3 is 2.44 bits per heavy atom. The predicted molar refractivity (Wildman–Crippen MR) is 141 cm³/mol. The number of carbonyl (C=O) groups excluding carboxylic acids is 1. The van der Waals surface area contributed by atoms with E-state index in [0.717, 1.165) is 44.3 Å². The number of nitrogens with zero attached hydrogens (tertiary/aromatic N) is 2. The number of rotatable bonds is 7. The maximum atomic E-state index is 13.3. The van der Waals surface area contributed by atoms with Crippen LogP contribution in [0.1, 0.15) is 40.7 Å². The number of ether oxygens (including phenoxy) is 1. The van der Waals surface area contributed by atoms with Crippen molar-refractivity contribution in [3.63, 3.8) is 0 Å². The Kier molecular flexibility index (Phi) is 6.98. The fraction of sp³-hybridized carbons (Fsp3) is 0.321. The van der Waals surface area contributed by atoms with Gasteiger partial charge in [0.25, 0.3) is 5.91 Å². The highest BCUT2D eigenvalue weighted by Gasteiger charge is 2.29. The lowest BCUT2D eigenvalue weighted by Gasteiger charge is -2.26. The monoisotopic (exact) mass is 505 g/mol. The van der Waals surface area contributed by atoms with E-state index in [1.165, 1.54) is 28.7 Å². The predicted octanol–water partition coefficient (Wildman–Crippen LogP) is 4.68. The highest BCUT2D eigenvalue weighted by atomic mass is 32.2. The van der Waals surface area contributed by atoms with Gasteiger partial charge in [-0.2, -0.15) is 4.31 Å². The Bertz CT molecular complexity index is 1350. The SMILES string of the molecule is COc1ccc(NC(=O)c2ccc(CN3CCc4ccccc43)cc2)cc1S(=O)(=O)N1CCCCC1. The molecule has 1 N–H and O–H groups in total. The number of carbonyl (C=O) groups is 1. The molecule has 3 aromatic rings. The van der Waals surface area contributed by atoms with Gasteiger partial charge in [0.1, 0.15) is 10.6 Å². The summed E-state index contributed by atoms with van der Waals surface area (Å²) in [5.41, 5.74) is 4.69. The van der Waals surface area contributed by atoms with Crippen LogP contribution in [0.2, 0.25) is 0 Å². The minimum absolute atomic E-state index is 0.0749. The molecule has 0 spiro atoms. The Labute approximate surface area is 212 Å². The maximum absolute atomic E-state index is 13.3. The summed E-state index contributed by atoms with van der Waals surface area (Å²) < 4.78 is 33.4. The van der Waals surface area contributed by atoms with Crippen LogP contribution in [-0.4, -0.2) is 45.4 Å². The molecule has 7 nitrogen and oxygen atoms in total. The molecule has 0 aliphatic carbocycles. The van der Waals surface area contributed by atoms with Crippen molar-refractivity contribution < 1.29 is 17.9 Å². The summed E-state index contributed by atoms with van der Waals surface area (Å²) in [4.78, 5) is 15.4. The summed E-state index contributed by atoms with van der Waals surface area (Å²) in [7, 11) is -2.26. The van der Waals surface area contributed by atoms with Crippen LogP contribution in [0, 0.1) is 0 Å². The number of methoxy groups -OCH3 is 1. The Hall–Kier alpha value is -3.36. The lowest BCUT2D eigenvalue weighted by Crippen LogP contribution is -2.35. The summed E-state index contributed by atoms with van der Waals surface area (Å²) in [6.45, 7) is 2.77. The Morgan fingerprint density at radius 1 is 0.944 bits per heavy atom. The topological polar surface area (TPSA) is 79.0 Å². The molecule has 2 aliphatic heterocycles. The summed E-state index contributed by atoms with van der Waals surface area (Å²) in [6.07, 6.45) is 3.77. The zero-order chi connectivity index (χ0) is 25.1. The first kappa shape index (κ1) is 24.3. The minimum atomic E-state index is -3.71. The van der Waals surface area contributed by atoms with Crippen molar-refractivity contribution in [3.8, 4) is 5.75 Å². The summed E-state index contributed by atoms with van der Waals surface area (Å²) >= 11 is 0. The van der Waals surface area contributed by atoms with Crippen LogP contribution in [0.25, 0.3) is 0 Å². The van der Waals surface area contributed by atoms with Gasteiger partial charge in [-0.1, -0.05) is 36.8 Å². The highest BCUT2D eigenvalue weighted by Crippen LogP contribution is 2.32. The van der Waals surface area contributed by atoms with E-state index < -0.39 is 10.0 Å². The van der Waals surface area contributed by atoms with Gasteiger partial charge in [0.2, 0.25) is 10.0 Å². The van der Waals surface area contributed by atoms with Gasteiger partial charge < -0.3 is 15.0 Å². The molecule has 3 aromatic carbocycles. The normalized spacial score (nSPS) is 16.0. The van der Waals surface area contributed by atoms with Crippen LogP contribution in [-0.2, 0) is 23.0 Å². The lowest BCUT2D eigenvalue weighted by atomic mass is 10.1. The number of piperidine rings is 1. The fourth-order valence-corrected chi connectivity index (χ4v) is 6.65. The quantitative estimate of drug-likeness (QED) is 0.504. The van der Waals surface area contributed by atoms with Crippen LogP contribution in [0.5, 0.6) is 5.75 Å². The molecule has 36 heavy (non-hydrogen) atoms. The van der Waals surface area contributed by atoms with E-state index in [-0.39, 0.29) is 16.6 Å². The summed E-state index contributed by atoms with van der Waals surface area (Å²) in [5, 5.41) is 2.84. The van der Waals surface area contributed by atoms with Crippen molar-refractivity contribution in [2.75, 3.05) is 37.0 Å². The third kappa shape index (κ3) is 4.96. The molecule has 0 aromatic heterocycles. The highest BCUT2D eigenvalue weighted by molar-refractivity contribution is 7.89. The molecule has 8 heteroatoms. The van der Waals surface area contributed by atoms with Gasteiger partial charge in [0.05, 0.1) is 7.11 Å². The molecule has 0 unspecified atom stereocenters. The number of hydrogen-bond acceptors (Lipinski definition) is 5. The second-order valence-electron chi connectivity index (χ2n) is 9.28. The van der Waals surface area contributed by atoms with Crippen molar-refractivity contribution in [3.05, 3.63) is 83.4 Å². The number of nitrogens with one attached hydrogen (secondary N) is 1. The van der Waals surface area contributed by atoms with Gasteiger partial charge in [-0.25, -0.2) is 8.42 Å². The van der Waals surface area contributed by atoms with Gasteiger partial charge in [-0.15, -0.1) is 0 Å². The van der Waals surface area contributed by atoms with Gasteiger partial charge in [-0.3, -0.25) is 4.79 Å². The largest absolute Gasteiger partial charge is 0.495 e. The molecule has 0 radical (unpaired) electrons. The molecular formula is C28H31N3O4S. The second-order valence-corrected chi connectivity index (χ2v) is 11.2. The first-order valence-corrected chi connectivity index (χ1v) is 13.8. The van der Waals surface area contributed by atoms with Crippen LogP contribution >= 0.6 is 0 Å². The first-order chi connectivity index (χ1) is 17.5. The Balaban J connectivity index is 1.29. The van der Waals surface area contributed by atoms with Gasteiger partial charge in [0.15, 0.2) is 0 Å². The van der Waals surface area contributed by atoms with Crippen molar-refractivity contribution in [1.29, 1.82) is 0 Å². The number of hydrogen-bond donors (Lipinski definition) is 1. The number of amides is 1. The van der Waals surface area contributed by atoms with Gasteiger partial charge >= 0.3 is 0 Å². The number of anilines is 2. The van der Waals surface area contributed by atoms with E-state index in [0.29, 0.717) is 24.3 Å². The lowest BCUT2D eigenvalue weighted by molar-refractivity contribution is 0.102. The Morgan fingerprint density at radius 2 is 1.69 bits per heavy atom. The standard InChI is InChI=1S/C28H31N3O4S/c1-35-26-14-13-24(19-27(26)36(33,34)31-16-5-2-6-17-31)29-28(32)23-11-9-21(10-12-23)20-30-18-15-22-7-3-4-8-25(22)30/h3-4,7-14,19H,2,5-6,15-18,20H2,1H3,(H,29,32). The molecular weight excluding hydrogens is 474 g/mol. The zero-order valence-electron chi connectivity index (χ0n) is 20.4. The van der Waals surface area contributed by atoms with E-state index in [4.69, 9.17) is 4.74 Å². The van der Waals surface area contributed by atoms with Crippen LogP contribution in [0.15, 0.2) is 71.6 Å². The molecule has 1 amide bonds. The van der Waals surface area contributed by atoms with Crippen LogP contribution < -0.4 is 15.0 Å². The third-order valence-electron chi connectivity index (χ3n) is 6.93. The van der Waals surface area contributed by atoms with Crippen molar-refractivity contribution in [2.24, 2.45) is 0 Å². The van der Waals surface area contributed by atoms with Crippen molar-refractivity contribution in [1.82, 2.24) is 4.31 Å². The molecule has 1 fully saturated rings. The molecule has 5 rings (SSSR count). The average molecular weight is 506 g/mol. The molecule has 1 saturated heterocycles. The molecule has 0 bridgehead atoms. The summed E-state index contributed by atoms with van der Waals surface area (Å²) in [5.74, 6) is -0.0223. The maximum Gasteiger partial charge on any atom is 0.255 e.